The van der Waals surface area contributed by atoms with Gasteiger partial charge in [0.1, 0.15) is 0 Å². The van der Waals surface area contributed by atoms with E-state index in [1.165, 1.54) is 360 Å². The van der Waals surface area contributed by atoms with Crippen molar-refractivity contribution in [2.24, 2.45) is 0 Å². The number of allylic oxidation sites excluding steroid dienone is 2. The molecule has 0 fully saturated rings. The molecule has 488 valence electrons. The average molecular weight is 1160 g/mol. The van der Waals surface area contributed by atoms with E-state index in [-0.39, 0.29) is 18.5 Å². The van der Waals surface area contributed by atoms with Crippen LogP contribution in [0.4, 0.5) is 0 Å². The van der Waals surface area contributed by atoms with Gasteiger partial charge in [-0.05, 0) is 51.4 Å². The van der Waals surface area contributed by atoms with Crippen LogP contribution in [-0.2, 0) is 14.3 Å². The third kappa shape index (κ3) is 67.7. The summed E-state index contributed by atoms with van der Waals surface area (Å²) in [6, 6.07) is -0.541. The van der Waals surface area contributed by atoms with E-state index < -0.39 is 12.1 Å². The van der Waals surface area contributed by atoms with E-state index in [1.807, 2.05) is 0 Å². The van der Waals surface area contributed by atoms with Crippen LogP contribution in [0.2, 0.25) is 0 Å². The molecule has 0 bridgehead atoms. The number of aliphatic hydroxyl groups excluding tert-OH is 2. The highest BCUT2D eigenvalue weighted by Gasteiger charge is 2.20. The molecule has 1 amide bonds. The largest absolute Gasteiger partial charge is 0.466 e. The second kappa shape index (κ2) is 72.1. The second-order valence-corrected chi connectivity index (χ2v) is 26.3. The number of unbranched alkanes of at least 4 members (excludes halogenated alkanes) is 59. The molecule has 2 atom stereocenters. The Bertz CT molecular complexity index is 1240. The molecule has 0 aromatic carbocycles. The molecule has 0 aliphatic carbocycles. The molecule has 6 nitrogen and oxygen atoms in total. The second-order valence-electron chi connectivity index (χ2n) is 26.3. The lowest BCUT2D eigenvalue weighted by Gasteiger charge is -2.22. The maximum absolute atomic E-state index is 12.6. The first-order valence-corrected chi connectivity index (χ1v) is 37.9. The fourth-order valence-corrected chi connectivity index (χ4v) is 12.3. The van der Waals surface area contributed by atoms with Crippen LogP contribution in [0.15, 0.2) is 12.2 Å². The van der Waals surface area contributed by atoms with Crippen LogP contribution in [0.5, 0.6) is 0 Å². The van der Waals surface area contributed by atoms with Crippen LogP contribution in [-0.4, -0.2) is 47.4 Å². The lowest BCUT2D eigenvalue weighted by molar-refractivity contribution is -0.143. The monoisotopic (exact) mass is 1160 g/mol. The van der Waals surface area contributed by atoms with Crippen molar-refractivity contribution in [3.63, 3.8) is 0 Å². The van der Waals surface area contributed by atoms with Gasteiger partial charge in [-0.25, -0.2) is 0 Å². The summed E-state index contributed by atoms with van der Waals surface area (Å²) >= 11 is 0. The zero-order valence-corrected chi connectivity index (χ0v) is 56.0. The van der Waals surface area contributed by atoms with E-state index in [0.717, 1.165) is 44.9 Å². The van der Waals surface area contributed by atoms with Gasteiger partial charge in [0.25, 0.3) is 0 Å². The van der Waals surface area contributed by atoms with Gasteiger partial charge in [0.2, 0.25) is 5.91 Å². The molecule has 0 saturated carbocycles. The van der Waals surface area contributed by atoms with Crippen LogP contribution in [0.1, 0.15) is 438 Å². The summed E-state index contributed by atoms with van der Waals surface area (Å²) < 4.78 is 5.49. The Balaban J connectivity index is 3.35. The lowest BCUT2D eigenvalue weighted by atomic mass is 10.0. The number of aliphatic hydroxyl groups is 2. The SMILES string of the molecule is CCCCCCC/C=C\CCCCCCCC(=O)OCCCCCCCCCCCCCCCCCCCCCCCCCCCCC(=O)NC(CO)C(O)CCCCCCCCCCCCCCCCCCCCCCCCCCC. The Labute approximate surface area is 514 Å². The predicted octanol–water partition coefficient (Wildman–Crippen LogP) is 24.7. The number of esters is 1. The summed E-state index contributed by atoms with van der Waals surface area (Å²) in [4.78, 5) is 24.6. The van der Waals surface area contributed by atoms with Gasteiger partial charge in [-0.1, -0.05) is 386 Å². The van der Waals surface area contributed by atoms with Crippen LogP contribution in [0, 0.1) is 0 Å². The van der Waals surface area contributed by atoms with E-state index in [2.05, 4.69) is 31.3 Å². The first-order chi connectivity index (χ1) is 40.5. The molecule has 0 spiro atoms. The van der Waals surface area contributed by atoms with Crippen molar-refractivity contribution in [1.29, 1.82) is 0 Å². The fraction of sp³-hybridized carbons (Fsp3) is 0.947. The van der Waals surface area contributed by atoms with E-state index in [1.54, 1.807) is 0 Å². The Morgan fingerprint density at radius 2 is 0.573 bits per heavy atom. The van der Waals surface area contributed by atoms with Crippen molar-refractivity contribution in [2.45, 2.75) is 450 Å². The zero-order chi connectivity index (χ0) is 59.2. The van der Waals surface area contributed by atoms with Crippen molar-refractivity contribution in [3.8, 4) is 0 Å². The third-order valence-electron chi connectivity index (χ3n) is 18.1. The number of nitrogens with one attached hydrogen (secondary N) is 1. The molecular weight excluding hydrogens is 1010 g/mol. The first kappa shape index (κ1) is 80.6. The number of ether oxygens (including phenoxy) is 1. The molecule has 0 aliphatic rings. The van der Waals surface area contributed by atoms with E-state index in [0.29, 0.717) is 25.9 Å². The number of amides is 1. The molecule has 0 aliphatic heterocycles. The van der Waals surface area contributed by atoms with Gasteiger partial charge in [0, 0.05) is 12.8 Å². The van der Waals surface area contributed by atoms with Gasteiger partial charge in [-0.15, -0.1) is 0 Å². The summed E-state index contributed by atoms with van der Waals surface area (Å²) in [6.45, 7) is 4.99. The summed E-state index contributed by atoms with van der Waals surface area (Å²) in [6.07, 6.45) is 90.0. The maximum Gasteiger partial charge on any atom is 0.305 e. The van der Waals surface area contributed by atoms with Crippen molar-refractivity contribution in [3.05, 3.63) is 12.2 Å². The summed E-state index contributed by atoms with van der Waals surface area (Å²) in [5, 5.41) is 23.5. The van der Waals surface area contributed by atoms with Crippen molar-refractivity contribution < 1.29 is 24.5 Å². The highest BCUT2D eigenvalue weighted by atomic mass is 16.5. The minimum Gasteiger partial charge on any atom is -0.466 e. The molecule has 6 heteroatoms. The highest BCUT2D eigenvalue weighted by molar-refractivity contribution is 5.76. The Hall–Kier alpha value is -1.40. The molecule has 82 heavy (non-hydrogen) atoms. The molecule has 0 aromatic rings. The van der Waals surface area contributed by atoms with Crippen molar-refractivity contribution >= 4 is 11.9 Å². The van der Waals surface area contributed by atoms with Crippen molar-refractivity contribution in [1.82, 2.24) is 5.32 Å². The van der Waals surface area contributed by atoms with Crippen LogP contribution in [0.25, 0.3) is 0 Å². The number of hydrogen-bond donors (Lipinski definition) is 3. The van der Waals surface area contributed by atoms with E-state index in [4.69, 9.17) is 4.74 Å². The summed E-state index contributed by atoms with van der Waals surface area (Å²) in [5.74, 6) is -0.0167. The van der Waals surface area contributed by atoms with Crippen LogP contribution < -0.4 is 5.32 Å². The average Bonchev–Trinajstić information content (AvgIpc) is 3.48. The van der Waals surface area contributed by atoms with E-state index >= 15 is 0 Å². The standard InChI is InChI=1S/C76H149NO5/c1-3-5-7-9-11-13-15-17-19-20-21-22-23-26-29-32-35-38-41-44-48-52-56-60-64-68-74(79)73(72-78)77-75(80)69-65-61-57-53-49-45-42-39-36-33-30-27-24-25-28-31-34-37-40-43-47-51-55-59-63-67-71-82-76(81)70-66-62-58-54-50-46-18-16-14-12-10-8-6-4-2/h16,18,73-74,78-79H,3-15,17,19-72H2,1-2H3,(H,77,80)/b18-16-. The topological polar surface area (TPSA) is 95.9 Å². The molecule has 3 N–H and O–H groups in total. The summed E-state index contributed by atoms with van der Waals surface area (Å²) in [7, 11) is 0. The van der Waals surface area contributed by atoms with Gasteiger partial charge in [-0.2, -0.15) is 0 Å². The van der Waals surface area contributed by atoms with Crippen molar-refractivity contribution in [2.75, 3.05) is 13.2 Å². The minimum absolute atomic E-state index is 0.0101. The normalized spacial score (nSPS) is 12.5. The highest BCUT2D eigenvalue weighted by Crippen LogP contribution is 2.20. The van der Waals surface area contributed by atoms with Gasteiger partial charge in [-0.3, -0.25) is 9.59 Å². The molecule has 2 unspecified atom stereocenters. The Morgan fingerprint density at radius 1 is 0.329 bits per heavy atom. The molecule has 0 rings (SSSR count). The van der Waals surface area contributed by atoms with Gasteiger partial charge >= 0.3 is 5.97 Å². The molecule has 0 aromatic heterocycles. The molecule has 0 saturated heterocycles. The van der Waals surface area contributed by atoms with E-state index in [9.17, 15) is 19.8 Å². The Kier molecular flexibility index (Phi) is 70.8. The lowest BCUT2D eigenvalue weighted by Crippen LogP contribution is -2.45. The fourth-order valence-electron chi connectivity index (χ4n) is 12.3. The number of carbonyl (C=O) groups excluding carboxylic acids is 2. The maximum atomic E-state index is 12.6. The number of carbonyl (C=O) groups is 2. The molecule has 0 heterocycles. The quantitative estimate of drug-likeness (QED) is 0.0320. The third-order valence-corrected chi connectivity index (χ3v) is 18.1. The van der Waals surface area contributed by atoms with Crippen LogP contribution >= 0.6 is 0 Å². The molecule has 0 radical (unpaired) electrons. The van der Waals surface area contributed by atoms with Gasteiger partial charge in [0.05, 0.1) is 25.4 Å². The number of hydrogen-bond acceptors (Lipinski definition) is 5. The number of rotatable bonds is 72. The smallest absolute Gasteiger partial charge is 0.305 e. The van der Waals surface area contributed by atoms with Crippen LogP contribution in [0.3, 0.4) is 0 Å². The first-order valence-electron chi connectivity index (χ1n) is 37.9. The Morgan fingerprint density at radius 3 is 0.866 bits per heavy atom. The predicted molar refractivity (Wildman–Crippen MR) is 361 cm³/mol. The minimum atomic E-state index is -0.664. The summed E-state index contributed by atoms with van der Waals surface area (Å²) in [5.41, 5.74) is 0. The molecular formula is C76H149NO5. The van der Waals surface area contributed by atoms with Gasteiger partial charge in [0.15, 0.2) is 0 Å². The zero-order valence-electron chi connectivity index (χ0n) is 56.0. The van der Waals surface area contributed by atoms with Gasteiger partial charge < -0.3 is 20.3 Å².